The van der Waals surface area contributed by atoms with Crippen molar-refractivity contribution in [3.63, 3.8) is 0 Å². The number of aliphatic hydroxyl groups is 1. The number of piperidine rings is 1. The average Bonchev–Trinajstić information content (AvgIpc) is 2.40. The van der Waals surface area contributed by atoms with Gasteiger partial charge in [-0.1, -0.05) is 20.8 Å². The molecule has 1 fully saturated rings. The van der Waals surface area contributed by atoms with Gasteiger partial charge in [-0.3, -0.25) is 4.79 Å². The molecule has 0 unspecified atom stereocenters. The minimum atomic E-state index is -1.02. The number of rotatable bonds is 6. The lowest BCUT2D eigenvalue weighted by Gasteiger charge is -2.38. The molecule has 0 aliphatic carbocycles. The third-order valence-electron chi connectivity index (χ3n) is 3.82. The van der Waals surface area contributed by atoms with Gasteiger partial charge >= 0.3 is 0 Å². The maximum Gasteiger partial charge on any atom is 0.250 e. The van der Waals surface area contributed by atoms with E-state index in [0.29, 0.717) is 19.3 Å². The van der Waals surface area contributed by atoms with E-state index in [4.69, 9.17) is 0 Å². The number of nitrogens with zero attached hydrogens (tertiary/aromatic N) is 2. The van der Waals surface area contributed by atoms with Crippen molar-refractivity contribution < 1.29 is 9.90 Å². The van der Waals surface area contributed by atoms with E-state index < -0.39 is 17.6 Å². The molecule has 0 saturated carbocycles. The van der Waals surface area contributed by atoms with Crippen LogP contribution in [-0.4, -0.2) is 47.2 Å². The fourth-order valence-electron chi connectivity index (χ4n) is 2.61. The molecule has 0 aromatic rings. The molecule has 114 valence electrons. The van der Waals surface area contributed by atoms with Crippen LogP contribution in [0.15, 0.2) is 0 Å². The molecule has 1 saturated heterocycles. The maximum absolute atomic E-state index is 12.0. The second kappa shape index (κ2) is 7.61. The summed E-state index contributed by atoms with van der Waals surface area (Å²) in [5, 5.41) is 22.0. The first kappa shape index (κ1) is 16.9. The summed E-state index contributed by atoms with van der Waals surface area (Å²) in [6, 6.07) is 2.25. The van der Waals surface area contributed by atoms with Crippen molar-refractivity contribution in [1.82, 2.24) is 10.2 Å². The summed E-state index contributed by atoms with van der Waals surface area (Å²) in [5.74, 6) is -0.163. The van der Waals surface area contributed by atoms with Gasteiger partial charge in [0.15, 0.2) is 0 Å². The van der Waals surface area contributed by atoms with Crippen molar-refractivity contribution in [3.05, 3.63) is 0 Å². The molecule has 1 atom stereocenters. The molecule has 0 spiro atoms. The van der Waals surface area contributed by atoms with Gasteiger partial charge in [-0.15, -0.1) is 0 Å². The predicted octanol–water partition coefficient (Wildman–Crippen LogP) is 1.28. The number of nitriles is 1. The van der Waals surface area contributed by atoms with E-state index in [9.17, 15) is 15.2 Å². The van der Waals surface area contributed by atoms with Crippen molar-refractivity contribution in [2.45, 2.75) is 58.1 Å². The summed E-state index contributed by atoms with van der Waals surface area (Å²) in [5.41, 5.74) is -0.806. The first-order valence-corrected chi connectivity index (χ1v) is 7.56. The van der Waals surface area contributed by atoms with Crippen LogP contribution in [0.25, 0.3) is 0 Å². The van der Waals surface area contributed by atoms with Gasteiger partial charge in [0.2, 0.25) is 5.91 Å². The normalized spacial score (nSPS) is 20.4. The Kier molecular flexibility index (Phi) is 6.44. The van der Waals surface area contributed by atoms with E-state index in [2.05, 4.69) is 23.2 Å². The zero-order valence-electron chi connectivity index (χ0n) is 12.9. The molecule has 5 heteroatoms. The lowest BCUT2D eigenvalue weighted by Crippen LogP contribution is -2.56. The molecule has 0 bridgehead atoms. The van der Waals surface area contributed by atoms with Crippen LogP contribution in [0.4, 0.5) is 0 Å². The number of likely N-dealkylation sites (tertiary alicyclic amines) is 1. The van der Waals surface area contributed by atoms with Crippen LogP contribution in [-0.2, 0) is 4.79 Å². The average molecular weight is 281 g/mol. The lowest BCUT2D eigenvalue weighted by molar-refractivity contribution is -0.132. The number of aliphatic hydroxyl groups excluding tert-OH is 1. The number of carbonyl (C=O) groups excluding carboxylic acids is 1. The molecule has 0 aromatic carbocycles. The second-order valence-electron chi connectivity index (χ2n) is 6.17. The van der Waals surface area contributed by atoms with Gasteiger partial charge in [-0.2, -0.15) is 5.26 Å². The van der Waals surface area contributed by atoms with Crippen LogP contribution >= 0.6 is 0 Å². The zero-order chi connectivity index (χ0) is 15.2. The molecular formula is C15H27N3O2. The van der Waals surface area contributed by atoms with Gasteiger partial charge in [0.25, 0.3) is 0 Å². The molecule has 2 N–H and O–H groups in total. The van der Waals surface area contributed by atoms with Crippen molar-refractivity contribution in [3.8, 4) is 6.07 Å². The SMILES string of the molecule is CCCN1CCC(C#N)(NC(=O)[C@@H](O)CC(C)C)CC1. The summed E-state index contributed by atoms with van der Waals surface area (Å²) in [6.07, 6.45) is 1.76. The maximum atomic E-state index is 12.0. The second-order valence-corrected chi connectivity index (χ2v) is 6.17. The first-order chi connectivity index (χ1) is 9.42. The Labute approximate surface area is 122 Å². The molecule has 20 heavy (non-hydrogen) atoms. The lowest BCUT2D eigenvalue weighted by atomic mass is 9.88. The van der Waals surface area contributed by atoms with Gasteiger partial charge in [0.1, 0.15) is 11.6 Å². The topological polar surface area (TPSA) is 76.4 Å². The van der Waals surface area contributed by atoms with Gasteiger partial charge in [0.05, 0.1) is 6.07 Å². The van der Waals surface area contributed by atoms with Crippen LogP contribution in [0, 0.1) is 17.2 Å². The van der Waals surface area contributed by atoms with Gasteiger partial charge in [-0.05, 0) is 38.1 Å². The van der Waals surface area contributed by atoms with E-state index in [-0.39, 0.29) is 5.92 Å². The van der Waals surface area contributed by atoms with Crippen LogP contribution < -0.4 is 5.32 Å². The Bertz CT molecular complexity index is 355. The highest BCUT2D eigenvalue weighted by molar-refractivity contribution is 5.81. The van der Waals surface area contributed by atoms with Crippen molar-refractivity contribution >= 4 is 5.91 Å². The number of carbonyl (C=O) groups is 1. The summed E-state index contributed by atoms with van der Waals surface area (Å²) < 4.78 is 0. The monoisotopic (exact) mass is 281 g/mol. The molecule has 0 radical (unpaired) electrons. The minimum Gasteiger partial charge on any atom is -0.383 e. The first-order valence-electron chi connectivity index (χ1n) is 7.56. The molecule has 1 rings (SSSR count). The van der Waals surface area contributed by atoms with E-state index in [1.54, 1.807) is 0 Å². The Balaban J connectivity index is 2.55. The summed E-state index contributed by atoms with van der Waals surface area (Å²) >= 11 is 0. The molecule has 0 aromatic heterocycles. The summed E-state index contributed by atoms with van der Waals surface area (Å²) in [7, 11) is 0. The van der Waals surface area contributed by atoms with Gasteiger partial charge < -0.3 is 15.3 Å². The van der Waals surface area contributed by atoms with E-state index in [1.807, 2.05) is 13.8 Å². The fraction of sp³-hybridized carbons (Fsp3) is 0.867. The highest BCUT2D eigenvalue weighted by atomic mass is 16.3. The van der Waals surface area contributed by atoms with Crippen molar-refractivity contribution in [2.75, 3.05) is 19.6 Å². The Morgan fingerprint density at radius 1 is 1.45 bits per heavy atom. The fourth-order valence-corrected chi connectivity index (χ4v) is 2.61. The Hall–Kier alpha value is -1.12. The van der Waals surface area contributed by atoms with Crippen LogP contribution in [0.3, 0.4) is 0 Å². The summed E-state index contributed by atoms with van der Waals surface area (Å²) in [4.78, 5) is 14.3. The number of amides is 1. The molecule has 1 heterocycles. The summed E-state index contributed by atoms with van der Waals surface area (Å²) in [6.45, 7) is 8.73. The highest BCUT2D eigenvalue weighted by Crippen LogP contribution is 2.22. The highest BCUT2D eigenvalue weighted by Gasteiger charge is 2.37. The quantitative estimate of drug-likeness (QED) is 0.769. The minimum absolute atomic E-state index is 0.250. The van der Waals surface area contributed by atoms with Crippen LogP contribution in [0.5, 0.6) is 0 Å². The standard InChI is InChI=1S/C15H27N3O2/c1-4-7-18-8-5-15(11-16,6-9-18)17-14(20)13(19)10-12(2)3/h12-13,19H,4-10H2,1-3H3,(H,17,20)/t13-/m0/s1. The van der Waals surface area contributed by atoms with E-state index in [1.165, 1.54) is 0 Å². The number of hydrogen-bond donors (Lipinski definition) is 2. The molecular weight excluding hydrogens is 254 g/mol. The third kappa shape index (κ3) is 4.77. The van der Waals surface area contributed by atoms with Gasteiger partial charge in [0, 0.05) is 13.1 Å². The van der Waals surface area contributed by atoms with Crippen LogP contribution in [0.2, 0.25) is 0 Å². The smallest absolute Gasteiger partial charge is 0.250 e. The molecule has 1 aliphatic heterocycles. The number of nitrogens with one attached hydrogen (secondary N) is 1. The largest absolute Gasteiger partial charge is 0.383 e. The Morgan fingerprint density at radius 3 is 2.50 bits per heavy atom. The van der Waals surface area contributed by atoms with Crippen molar-refractivity contribution in [2.24, 2.45) is 5.92 Å². The van der Waals surface area contributed by atoms with E-state index >= 15 is 0 Å². The van der Waals surface area contributed by atoms with Crippen LogP contribution in [0.1, 0.15) is 46.5 Å². The molecule has 1 amide bonds. The third-order valence-corrected chi connectivity index (χ3v) is 3.82. The predicted molar refractivity (Wildman–Crippen MR) is 77.9 cm³/mol. The Morgan fingerprint density at radius 2 is 2.05 bits per heavy atom. The van der Waals surface area contributed by atoms with Crippen molar-refractivity contribution in [1.29, 1.82) is 5.26 Å². The molecule has 1 aliphatic rings. The number of hydrogen-bond acceptors (Lipinski definition) is 4. The van der Waals surface area contributed by atoms with Gasteiger partial charge in [-0.25, -0.2) is 0 Å². The molecule has 5 nitrogen and oxygen atoms in total. The van der Waals surface area contributed by atoms with E-state index in [0.717, 1.165) is 26.1 Å². The zero-order valence-corrected chi connectivity index (χ0v) is 12.9.